The molecule has 0 amide bonds. The summed E-state index contributed by atoms with van der Waals surface area (Å²) in [6.07, 6.45) is 3.42. The number of benzene rings is 1. The first-order valence-electron chi connectivity index (χ1n) is 5.68. The van der Waals surface area contributed by atoms with Crippen LogP contribution in [0.2, 0.25) is 0 Å². The molecule has 0 saturated heterocycles. The molecule has 0 aliphatic rings. The van der Waals surface area contributed by atoms with E-state index in [4.69, 9.17) is 10.5 Å². The van der Waals surface area contributed by atoms with E-state index < -0.39 is 0 Å². The van der Waals surface area contributed by atoms with Crippen LogP contribution in [-0.4, -0.2) is 14.6 Å². The Hall–Kier alpha value is -2.08. The monoisotopic (exact) mass is 318 g/mol. The van der Waals surface area contributed by atoms with Crippen LogP contribution in [0.25, 0.3) is 5.52 Å². The van der Waals surface area contributed by atoms with Crippen LogP contribution in [0.15, 0.2) is 41.1 Å². The van der Waals surface area contributed by atoms with E-state index in [1.165, 1.54) is 0 Å². The normalized spacial score (nSPS) is 10.8. The molecule has 3 rings (SSSR count). The van der Waals surface area contributed by atoms with Gasteiger partial charge in [0.15, 0.2) is 5.75 Å². The van der Waals surface area contributed by atoms with E-state index in [1.807, 2.05) is 25.1 Å². The SMILES string of the molecule is Cc1cc2c(Oc3c(N)cccc3Br)nccn2n1. The fourth-order valence-electron chi connectivity index (χ4n) is 1.83. The average molecular weight is 319 g/mol. The van der Waals surface area contributed by atoms with Crippen molar-refractivity contribution in [1.29, 1.82) is 0 Å². The van der Waals surface area contributed by atoms with E-state index in [2.05, 4.69) is 26.0 Å². The second-order valence-electron chi connectivity index (χ2n) is 4.11. The Kier molecular flexibility index (Phi) is 2.87. The number of nitrogen functional groups attached to an aromatic ring is 1. The molecule has 5 nitrogen and oxygen atoms in total. The molecule has 0 aliphatic heterocycles. The molecule has 96 valence electrons. The number of hydrogen-bond donors (Lipinski definition) is 1. The van der Waals surface area contributed by atoms with Crippen LogP contribution >= 0.6 is 15.9 Å². The van der Waals surface area contributed by atoms with Gasteiger partial charge in [-0.05, 0) is 41.1 Å². The minimum atomic E-state index is 0.474. The van der Waals surface area contributed by atoms with Gasteiger partial charge in [-0.2, -0.15) is 5.10 Å². The Labute approximate surface area is 118 Å². The van der Waals surface area contributed by atoms with Crippen LogP contribution < -0.4 is 10.5 Å². The lowest BCUT2D eigenvalue weighted by atomic mass is 10.3. The molecule has 3 aromatic rings. The van der Waals surface area contributed by atoms with Gasteiger partial charge in [0.1, 0.15) is 5.52 Å². The molecule has 0 radical (unpaired) electrons. The predicted octanol–water partition coefficient (Wildman–Crippen LogP) is 3.17. The van der Waals surface area contributed by atoms with Crippen molar-refractivity contribution in [2.24, 2.45) is 0 Å². The number of rotatable bonds is 2. The maximum absolute atomic E-state index is 5.91. The molecule has 0 bridgehead atoms. The van der Waals surface area contributed by atoms with Crippen molar-refractivity contribution in [2.75, 3.05) is 5.73 Å². The number of anilines is 1. The molecule has 2 N–H and O–H groups in total. The lowest BCUT2D eigenvalue weighted by Crippen LogP contribution is -1.97. The van der Waals surface area contributed by atoms with Crippen LogP contribution in [0.1, 0.15) is 5.69 Å². The number of nitrogens with zero attached hydrogens (tertiary/aromatic N) is 3. The third kappa shape index (κ3) is 2.15. The van der Waals surface area contributed by atoms with Crippen LogP contribution in [0.3, 0.4) is 0 Å². The molecule has 6 heteroatoms. The molecule has 0 unspecified atom stereocenters. The fraction of sp³-hybridized carbons (Fsp3) is 0.0769. The minimum absolute atomic E-state index is 0.474. The summed E-state index contributed by atoms with van der Waals surface area (Å²) in [5, 5.41) is 4.31. The summed E-state index contributed by atoms with van der Waals surface area (Å²) in [4.78, 5) is 4.24. The van der Waals surface area contributed by atoms with E-state index in [0.29, 0.717) is 17.3 Å². The van der Waals surface area contributed by atoms with Gasteiger partial charge in [0, 0.05) is 12.4 Å². The summed E-state index contributed by atoms with van der Waals surface area (Å²) in [5.41, 5.74) is 8.17. The first-order chi connectivity index (χ1) is 9.15. The minimum Gasteiger partial charge on any atom is -0.434 e. The first kappa shape index (κ1) is 12.0. The maximum atomic E-state index is 5.91. The Morgan fingerprint density at radius 3 is 3.00 bits per heavy atom. The Bertz CT molecular complexity index is 733. The third-order valence-corrected chi connectivity index (χ3v) is 3.30. The van der Waals surface area contributed by atoms with Crippen molar-refractivity contribution in [3.8, 4) is 11.6 Å². The molecular weight excluding hydrogens is 308 g/mol. The summed E-state index contributed by atoms with van der Waals surface area (Å²) < 4.78 is 8.33. The highest BCUT2D eigenvalue weighted by Crippen LogP contribution is 2.35. The zero-order chi connectivity index (χ0) is 13.4. The van der Waals surface area contributed by atoms with Gasteiger partial charge in [-0.1, -0.05) is 6.07 Å². The van der Waals surface area contributed by atoms with Crippen molar-refractivity contribution >= 4 is 27.1 Å². The van der Waals surface area contributed by atoms with Gasteiger partial charge < -0.3 is 10.5 Å². The summed E-state index contributed by atoms with van der Waals surface area (Å²) in [6, 6.07) is 7.41. The standard InChI is InChI=1S/C13H11BrN4O/c1-8-7-11-13(16-5-6-18(11)17-8)19-12-9(14)3-2-4-10(12)15/h2-7H,15H2,1H3. The molecule has 2 aromatic heterocycles. The quantitative estimate of drug-likeness (QED) is 0.737. The smallest absolute Gasteiger partial charge is 0.245 e. The highest BCUT2D eigenvalue weighted by molar-refractivity contribution is 9.10. The number of ether oxygens (including phenoxy) is 1. The van der Waals surface area contributed by atoms with Crippen molar-refractivity contribution < 1.29 is 4.74 Å². The zero-order valence-corrected chi connectivity index (χ0v) is 11.8. The lowest BCUT2D eigenvalue weighted by Gasteiger charge is -2.09. The number of fused-ring (bicyclic) bond motifs is 1. The molecule has 0 fully saturated rings. The van der Waals surface area contributed by atoms with E-state index in [-0.39, 0.29) is 0 Å². The van der Waals surface area contributed by atoms with Gasteiger partial charge in [-0.15, -0.1) is 0 Å². The summed E-state index contributed by atoms with van der Waals surface area (Å²) in [5.74, 6) is 1.03. The number of nitrogens with two attached hydrogens (primary N) is 1. The van der Waals surface area contributed by atoms with Gasteiger partial charge >= 0.3 is 0 Å². The predicted molar refractivity (Wildman–Crippen MR) is 76.4 cm³/mol. The molecule has 19 heavy (non-hydrogen) atoms. The topological polar surface area (TPSA) is 65.4 Å². The largest absolute Gasteiger partial charge is 0.434 e. The number of halogens is 1. The van der Waals surface area contributed by atoms with Crippen molar-refractivity contribution in [3.63, 3.8) is 0 Å². The van der Waals surface area contributed by atoms with E-state index in [9.17, 15) is 0 Å². The number of hydrogen-bond acceptors (Lipinski definition) is 4. The third-order valence-electron chi connectivity index (χ3n) is 2.67. The van der Waals surface area contributed by atoms with Gasteiger partial charge in [0.2, 0.25) is 5.88 Å². The Morgan fingerprint density at radius 2 is 2.21 bits per heavy atom. The molecule has 0 aliphatic carbocycles. The lowest BCUT2D eigenvalue weighted by molar-refractivity contribution is 0.465. The van der Waals surface area contributed by atoms with Crippen LogP contribution in [0, 0.1) is 6.92 Å². The Balaban J connectivity index is 2.11. The number of aryl methyl sites for hydroxylation is 1. The number of aromatic nitrogens is 3. The summed E-state index contributed by atoms with van der Waals surface area (Å²) >= 11 is 3.42. The Morgan fingerprint density at radius 1 is 1.37 bits per heavy atom. The average Bonchev–Trinajstić information content (AvgIpc) is 2.75. The molecular formula is C13H11BrN4O. The molecule has 2 heterocycles. The highest BCUT2D eigenvalue weighted by atomic mass is 79.9. The van der Waals surface area contributed by atoms with Crippen LogP contribution in [0.5, 0.6) is 11.6 Å². The maximum Gasteiger partial charge on any atom is 0.245 e. The molecule has 1 aromatic carbocycles. The number of para-hydroxylation sites is 1. The summed E-state index contributed by atoms with van der Waals surface area (Å²) in [7, 11) is 0. The van der Waals surface area contributed by atoms with E-state index in [1.54, 1.807) is 23.0 Å². The highest BCUT2D eigenvalue weighted by Gasteiger charge is 2.11. The first-order valence-corrected chi connectivity index (χ1v) is 6.47. The van der Waals surface area contributed by atoms with Crippen molar-refractivity contribution in [3.05, 3.63) is 46.8 Å². The second-order valence-corrected chi connectivity index (χ2v) is 4.96. The molecule has 0 saturated carbocycles. The van der Waals surface area contributed by atoms with Crippen molar-refractivity contribution in [2.45, 2.75) is 6.92 Å². The van der Waals surface area contributed by atoms with Crippen LogP contribution in [0.4, 0.5) is 5.69 Å². The second kappa shape index (κ2) is 4.55. The van der Waals surface area contributed by atoms with Crippen LogP contribution in [-0.2, 0) is 0 Å². The van der Waals surface area contributed by atoms with Gasteiger partial charge in [-0.25, -0.2) is 9.50 Å². The zero-order valence-electron chi connectivity index (χ0n) is 10.2. The van der Waals surface area contributed by atoms with Crippen molar-refractivity contribution in [1.82, 2.24) is 14.6 Å². The summed E-state index contributed by atoms with van der Waals surface area (Å²) in [6.45, 7) is 1.92. The van der Waals surface area contributed by atoms with Gasteiger partial charge in [0.25, 0.3) is 0 Å². The van der Waals surface area contributed by atoms with Gasteiger partial charge in [0.05, 0.1) is 15.9 Å². The van der Waals surface area contributed by atoms with Gasteiger partial charge in [-0.3, -0.25) is 0 Å². The molecule has 0 spiro atoms. The fourth-order valence-corrected chi connectivity index (χ4v) is 2.29. The molecule has 0 atom stereocenters. The van der Waals surface area contributed by atoms with E-state index >= 15 is 0 Å². The van der Waals surface area contributed by atoms with E-state index in [0.717, 1.165) is 15.7 Å².